The van der Waals surface area contributed by atoms with Crippen molar-refractivity contribution in [1.82, 2.24) is 10.3 Å². The maximum atomic E-state index is 12.0. The molecule has 6 nitrogen and oxygen atoms in total. The number of halogens is 3. The van der Waals surface area contributed by atoms with Gasteiger partial charge in [0.15, 0.2) is 0 Å². The SMILES string of the molecule is Cc1[nH]c(=O)c(C#N)c(C)c1CCC(=O)NC(C)COCC(F)(F)F. The van der Waals surface area contributed by atoms with Crippen molar-refractivity contribution in [2.24, 2.45) is 0 Å². The molecule has 25 heavy (non-hydrogen) atoms. The lowest BCUT2D eigenvalue weighted by atomic mass is 9.99. The van der Waals surface area contributed by atoms with E-state index in [0.717, 1.165) is 0 Å². The third kappa shape index (κ3) is 6.58. The Bertz CT molecular complexity index is 720. The Morgan fingerprint density at radius 3 is 2.60 bits per heavy atom. The van der Waals surface area contributed by atoms with E-state index in [2.05, 4.69) is 15.0 Å². The minimum Gasteiger partial charge on any atom is -0.370 e. The van der Waals surface area contributed by atoms with Crippen LogP contribution in [0.25, 0.3) is 0 Å². The average Bonchev–Trinajstić information content (AvgIpc) is 2.45. The molecule has 1 amide bonds. The highest BCUT2D eigenvalue weighted by Gasteiger charge is 2.27. The molecular formula is C16H20F3N3O3. The quantitative estimate of drug-likeness (QED) is 0.777. The molecule has 9 heteroatoms. The molecule has 0 aliphatic carbocycles. The molecule has 0 aromatic carbocycles. The number of ether oxygens (including phenoxy) is 1. The molecule has 0 fully saturated rings. The van der Waals surface area contributed by atoms with Gasteiger partial charge in [-0.2, -0.15) is 18.4 Å². The summed E-state index contributed by atoms with van der Waals surface area (Å²) < 4.78 is 40.4. The van der Waals surface area contributed by atoms with E-state index >= 15 is 0 Å². The molecule has 1 aromatic rings. The highest BCUT2D eigenvalue weighted by atomic mass is 19.4. The molecule has 0 bridgehead atoms. The number of nitrogens with zero attached hydrogens (tertiary/aromatic N) is 1. The van der Waals surface area contributed by atoms with Gasteiger partial charge in [-0.1, -0.05) is 0 Å². The number of nitriles is 1. The molecule has 0 saturated heterocycles. The predicted octanol–water partition coefficient (Wildman–Crippen LogP) is 1.88. The summed E-state index contributed by atoms with van der Waals surface area (Å²) in [6.07, 6.45) is -4.03. The van der Waals surface area contributed by atoms with Crippen molar-refractivity contribution >= 4 is 5.91 Å². The van der Waals surface area contributed by atoms with E-state index in [4.69, 9.17) is 5.26 Å². The van der Waals surface area contributed by atoms with Gasteiger partial charge < -0.3 is 15.0 Å². The van der Waals surface area contributed by atoms with Gasteiger partial charge in [-0.3, -0.25) is 9.59 Å². The van der Waals surface area contributed by atoms with E-state index in [1.54, 1.807) is 20.8 Å². The first-order valence-electron chi connectivity index (χ1n) is 7.61. The van der Waals surface area contributed by atoms with Crippen LogP contribution in [0.3, 0.4) is 0 Å². The number of hydrogen-bond donors (Lipinski definition) is 2. The van der Waals surface area contributed by atoms with Crippen molar-refractivity contribution < 1.29 is 22.7 Å². The third-order valence-electron chi connectivity index (χ3n) is 3.56. The number of rotatable bonds is 7. The van der Waals surface area contributed by atoms with E-state index in [1.807, 2.05) is 6.07 Å². The first-order valence-corrected chi connectivity index (χ1v) is 7.61. The van der Waals surface area contributed by atoms with Crippen LogP contribution in [0.5, 0.6) is 0 Å². The number of aryl methyl sites for hydroxylation is 1. The van der Waals surface area contributed by atoms with Gasteiger partial charge >= 0.3 is 6.18 Å². The highest BCUT2D eigenvalue weighted by Crippen LogP contribution is 2.15. The van der Waals surface area contributed by atoms with Crippen LogP contribution in [0.4, 0.5) is 13.2 Å². The number of nitrogens with one attached hydrogen (secondary N) is 2. The highest BCUT2D eigenvalue weighted by molar-refractivity contribution is 5.76. The van der Waals surface area contributed by atoms with Crippen LogP contribution in [0, 0.1) is 25.2 Å². The van der Waals surface area contributed by atoms with Crippen LogP contribution in [0.1, 0.15) is 35.7 Å². The molecule has 1 rings (SSSR count). The molecule has 1 aromatic heterocycles. The molecular weight excluding hydrogens is 339 g/mol. The lowest BCUT2D eigenvalue weighted by Gasteiger charge is -2.16. The molecule has 0 saturated carbocycles. The molecule has 2 N–H and O–H groups in total. The normalized spacial score (nSPS) is 12.5. The van der Waals surface area contributed by atoms with Crippen LogP contribution in [0.15, 0.2) is 4.79 Å². The number of carbonyl (C=O) groups excluding carboxylic acids is 1. The zero-order valence-electron chi connectivity index (χ0n) is 14.2. The second-order valence-corrected chi connectivity index (χ2v) is 5.77. The zero-order chi connectivity index (χ0) is 19.2. The molecule has 1 heterocycles. The second-order valence-electron chi connectivity index (χ2n) is 5.77. The molecule has 0 radical (unpaired) electrons. The minimum absolute atomic E-state index is 0.00919. The second kappa shape index (κ2) is 8.67. The van der Waals surface area contributed by atoms with Crippen LogP contribution >= 0.6 is 0 Å². The number of amides is 1. The number of carbonyl (C=O) groups is 1. The van der Waals surface area contributed by atoms with Crippen molar-refractivity contribution in [3.8, 4) is 6.07 Å². The Balaban J connectivity index is 2.58. The van der Waals surface area contributed by atoms with E-state index in [9.17, 15) is 22.8 Å². The van der Waals surface area contributed by atoms with E-state index in [1.165, 1.54) is 0 Å². The van der Waals surface area contributed by atoms with Crippen LogP contribution in [0.2, 0.25) is 0 Å². The van der Waals surface area contributed by atoms with Gasteiger partial charge in [0.2, 0.25) is 5.91 Å². The molecule has 0 aliphatic rings. The lowest BCUT2D eigenvalue weighted by Crippen LogP contribution is -2.37. The first kappa shape index (κ1) is 20.7. The topological polar surface area (TPSA) is 95.0 Å². The molecule has 1 unspecified atom stereocenters. The zero-order valence-corrected chi connectivity index (χ0v) is 14.2. The van der Waals surface area contributed by atoms with Gasteiger partial charge in [0, 0.05) is 18.2 Å². The van der Waals surface area contributed by atoms with Gasteiger partial charge in [0.05, 0.1) is 6.61 Å². The summed E-state index contributed by atoms with van der Waals surface area (Å²) in [4.78, 5) is 26.1. The standard InChI is InChI=1S/C16H20F3N3O3/c1-9(7-25-8-16(17,18)19)21-14(23)5-4-12-10(2)13(6-20)15(24)22-11(12)3/h9H,4-5,7-8H2,1-3H3,(H,21,23)(H,22,24). The number of hydrogen-bond acceptors (Lipinski definition) is 4. The predicted molar refractivity (Wildman–Crippen MR) is 84.1 cm³/mol. The first-order chi connectivity index (χ1) is 11.5. The molecule has 138 valence electrons. The summed E-state index contributed by atoms with van der Waals surface area (Å²) in [5.41, 5.74) is 1.34. The van der Waals surface area contributed by atoms with E-state index < -0.39 is 24.4 Å². The monoisotopic (exact) mass is 359 g/mol. The Hall–Kier alpha value is -2.34. The molecule has 1 atom stereocenters. The van der Waals surface area contributed by atoms with E-state index in [-0.39, 0.29) is 24.5 Å². The van der Waals surface area contributed by atoms with Crippen LogP contribution in [-0.4, -0.2) is 36.3 Å². The fraction of sp³-hybridized carbons (Fsp3) is 0.562. The van der Waals surface area contributed by atoms with Crippen molar-refractivity contribution in [1.29, 1.82) is 5.26 Å². The summed E-state index contributed by atoms with van der Waals surface area (Å²) in [5.74, 6) is -0.355. The number of aromatic amines is 1. The average molecular weight is 359 g/mol. The number of pyridine rings is 1. The fourth-order valence-corrected chi connectivity index (χ4v) is 2.40. The summed E-state index contributed by atoms with van der Waals surface area (Å²) in [6, 6.07) is 1.27. The summed E-state index contributed by atoms with van der Waals surface area (Å²) >= 11 is 0. The number of alkyl halides is 3. The van der Waals surface area contributed by atoms with E-state index in [0.29, 0.717) is 23.2 Å². The Labute approximate surface area is 143 Å². The number of H-pyrrole nitrogens is 1. The molecule has 0 spiro atoms. The number of aromatic nitrogens is 1. The molecule has 0 aliphatic heterocycles. The van der Waals surface area contributed by atoms with Gasteiger partial charge in [0.1, 0.15) is 18.2 Å². The van der Waals surface area contributed by atoms with Crippen molar-refractivity contribution in [3.63, 3.8) is 0 Å². The lowest BCUT2D eigenvalue weighted by molar-refractivity contribution is -0.175. The smallest absolute Gasteiger partial charge is 0.370 e. The Kier molecular flexibility index (Phi) is 7.18. The van der Waals surface area contributed by atoms with Gasteiger partial charge in [-0.15, -0.1) is 0 Å². The maximum Gasteiger partial charge on any atom is 0.411 e. The van der Waals surface area contributed by atoms with Gasteiger partial charge in [-0.25, -0.2) is 0 Å². The Morgan fingerprint density at radius 1 is 1.40 bits per heavy atom. The third-order valence-corrected chi connectivity index (χ3v) is 3.56. The maximum absolute atomic E-state index is 12.0. The summed E-state index contributed by atoms with van der Waals surface area (Å²) in [7, 11) is 0. The minimum atomic E-state index is -4.40. The summed E-state index contributed by atoms with van der Waals surface area (Å²) in [5, 5.41) is 11.6. The fourth-order valence-electron chi connectivity index (χ4n) is 2.40. The largest absolute Gasteiger partial charge is 0.411 e. The van der Waals surface area contributed by atoms with Crippen molar-refractivity contribution in [3.05, 3.63) is 32.7 Å². The summed E-state index contributed by atoms with van der Waals surface area (Å²) in [6.45, 7) is 3.25. The van der Waals surface area contributed by atoms with Crippen LogP contribution in [-0.2, 0) is 16.0 Å². The van der Waals surface area contributed by atoms with Crippen LogP contribution < -0.4 is 10.9 Å². The van der Waals surface area contributed by atoms with Gasteiger partial charge in [-0.05, 0) is 38.3 Å². The van der Waals surface area contributed by atoms with Crippen molar-refractivity contribution in [2.75, 3.05) is 13.2 Å². The van der Waals surface area contributed by atoms with Gasteiger partial charge in [0.25, 0.3) is 5.56 Å². The van der Waals surface area contributed by atoms with Crippen molar-refractivity contribution in [2.45, 2.75) is 45.8 Å². The Morgan fingerprint density at radius 2 is 2.04 bits per heavy atom.